The summed E-state index contributed by atoms with van der Waals surface area (Å²) >= 11 is 1.50. The normalized spacial score (nSPS) is 14.0. The molecule has 86 valence electrons. The van der Waals surface area contributed by atoms with Crippen LogP contribution in [0.3, 0.4) is 0 Å². The Morgan fingerprint density at radius 2 is 2.33 bits per heavy atom. The van der Waals surface area contributed by atoms with E-state index < -0.39 is 9.84 Å². The van der Waals surface area contributed by atoms with Crippen molar-refractivity contribution in [3.8, 4) is 0 Å². The summed E-state index contributed by atoms with van der Waals surface area (Å²) in [6, 6.07) is -0.136. The van der Waals surface area contributed by atoms with Crippen molar-refractivity contribution in [2.45, 2.75) is 25.8 Å². The van der Waals surface area contributed by atoms with Crippen molar-refractivity contribution in [1.29, 1.82) is 0 Å². The van der Waals surface area contributed by atoms with Crippen LogP contribution in [0.25, 0.3) is 0 Å². The first-order valence-corrected chi connectivity index (χ1v) is 7.65. The molecular formula is C9H16N2O2S2. The van der Waals surface area contributed by atoms with Crippen LogP contribution in [0.5, 0.6) is 0 Å². The molecule has 1 heterocycles. The third kappa shape index (κ3) is 4.27. The van der Waals surface area contributed by atoms with Gasteiger partial charge in [-0.3, -0.25) is 0 Å². The lowest BCUT2D eigenvalue weighted by Gasteiger charge is -2.08. The quantitative estimate of drug-likeness (QED) is 0.825. The van der Waals surface area contributed by atoms with Crippen molar-refractivity contribution in [2.75, 3.05) is 11.5 Å². The molecule has 0 aliphatic heterocycles. The summed E-state index contributed by atoms with van der Waals surface area (Å²) in [5.41, 5.74) is 8.45. The molecule has 0 fully saturated rings. The zero-order valence-electron chi connectivity index (χ0n) is 8.72. The minimum atomic E-state index is -2.86. The molecule has 0 radical (unpaired) electrons. The van der Waals surface area contributed by atoms with Gasteiger partial charge in [0.05, 0.1) is 17.0 Å². The van der Waals surface area contributed by atoms with Crippen molar-refractivity contribution < 1.29 is 8.42 Å². The molecule has 0 aliphatic rings. The second kappa shape index (κ2) is 5.58. The molecule has 1 aromatic rings. The van der Waals surface area contributed by atoms with E-state index in [1.165, 1.54) is 11.3 Å². The van der Waals surface area contributed by atoms with Gasteiger partial charge in [0.25, 0.3) is 0 Å². The molecule has 1 aromatic heterocycles. The minimum absolute atomic E-state index is 0.136. The minimum Gasteiger partial charge on any atom is -0.323 e. The number of sulfone groups is 1. The number of nitrogens with zero attached hydrogens (tertiary/aromatic N) is 1. The molecule has 0 aromatic carbocycles. The first kappa shape index (κ1) is 12.6. The molecule has 1 atom stereocenters. The molecular weight excluding hydrogens is 232 g/mol. The lowest BCUT2D eigenvalue weighted by Crippen LogP contribution is -2.14. The number of thiazole rings is 1. The topological polar surface area (TPSA) is 73.0 Å². The van der Waals surface area contributed by atoms with Crippen LogP contribution in [0.1, 0.15) is 31.5 Å². The van der Waals surface area contributed by atoms with E-state index >= 15 is 0 Å². The highest BCUT2D eigenvalue weighted by Crippen LogP contribution is 2.15. The first-order valence-electron chi connectivity index (χ1n) is 4.89. The lowest BCUT2D eigenvalue weighted by molar-refractivity contribution is 0.581. The maximum absolute atomic E-state index is 11.2. The molecule has 0 bridgehead atoms. The van der Waals surface area contributed by atoms with Crippen LogP contribution in [0.4, 0.5) is 0 Å². The van der Waals surface area contributed by atoms with Crippen LogP contribution in [0, 0.1) is 0 Å². The molecule has 4 nitrogen and oxygen atoms in total. The lowest BCUT2D eigenvalue weighted by atomic mass is 10.1. The molecule has 1 rings (SSSR count). The predicted octanol–water partition coefficient (Wildman–Crippen LogP) is 1.36. The van der Waals surface area contributed by atoms with Crippen LogP contribution in [-0.2, 0) is 9.84 Å². The standard InChI is InChI=1S/C9H16N2O2S2/c1-2-15(12,13)5-3-4-8(10)9-6-14-7-11-9/h6-8H,2-5,10H2,1H3. The van der Waals surface area contributed by atoms with Gasteiger partial charge in [-0.1, -0.05) is 6.92 Å². The third-order valence-corrected chi connectivity index (χ3v) is 4.64. The van der Waals surface area contributed by atoms with Gasteiger partial charge < -0.3 is 5.73 Å². The van der Waals surface area contributed by atoms with Crippen LogP contribution >= 0.6 is 11.3 Å². The van der Waals surface area contributed by atoms with Gasteiger partial charge in [-0.15, -0.1) is 11.3 Å². The molecule has 0 saturated heterocycles. The summed E-state index contributed by atoms with van der Waals surface area (Å²) < 4.78 is 22.4. The van der Waals surface area contributed by atoms with Gasteiger partial charge in [0.15, 0.2) is 0 Å². The largest absolute Gasteiger partial charge is 0.323 e. The highest BCUT2D eigenvalue weighted by atomic mass is 32.2. The average Bonchev–Trinajstić information content (AvgIpc) is 2.70. The van der Waals surface area contributed by atoms with Gasteiger partial charge in [-0.05, 0) is 12.8 Å². The molecule has 0 amide bonds. The van der Waals surface area contributed by atoms with Gasteiger partial charge in [-0.2, -0.15) is 0 Å². The van der Waals surface area contributed by atoms with Gasteiger partial charge in [0.2, 0.25) is 0 Å². The average molecular weight is 248 g/mol. The fourth-order valence-electron chi connectivity index (χ4n) is 1.22. The van der Waals surface area contributed by atoms with E-state index in [4.69, 9.17) is 5.73 Å². The van der Waals surface area contributed by atoms with Crippen molar-refractivity contribution in [2.24, 2.45) is 5.73 Å². The summed E-state index contributed by atoms with van der Waals surface area (Å²) in [6.07, 6.45) is 1.28. The fraction of sp³-hybridized carbons (Fsp3) is 0.667. The van der Waals surface area contributed by atoms with Crippen LogP contribution in [0.2, 0.25) is 0 Å². The van der Waals surface area contributed by atoms with E-state index in [0.29, 0.717) is 12.8 Å². The van der Waals surface area contributed by atoms with E-state index in [1.807, 2.05) is 5.38 Å². The number of rotatable bonds is 6. The van der Waals surface area contributed by atoms with Gasteiger partial charge in [0.1, 0.15) is 9.84 Å². The Labute approximate surface area is 94.4 Å². The summed E-state index contributed by atoms with van der Waals surface area (Å²) in [5.74, 6) is 0.431. The molecule has 0 saturated carbocycles. The summed E-state index contributed by atoms with van der Waals surface area (Å²) in [5, 5.41) is 1.90. The van der Waals surface area contributed by atoms with Crippen LogP contribution in [-0.4, -0.2) is 24.9 Å². The highest BCUT2D eigenvalue weighted by Gasteiger charge is 2.11. The van der Waals surface area contributed by atoms with E-state index in [0.717, 1.165) is 5.69 Å². The van der Waals surface area contributed by atoms with Crippen LogP contribution < -0.4 is 5.73 Å². The van der Waals surface area contributed by atoms with Gasteiger partial charge in [-0.25, -0.2) is 13.4 Å². The number of aromatic nitrogens is 1. The number of hydrogen-bond acceptors (Lipinski definition) is 5. The molecule has 15 heavy (non-hydrogen) atoms. The first-order chi connectivity index (χ1) is 7.05. The Balaban J connectivity index is 2.33. The van der Waals surface area contributed by atoms with E-state index in [1.54, 1.807) is 12.4 Å². The van der Waals surface area contributed by atoms with Crippen molar-refractivity contribution in [3.05, 3.63) is 16.6 Å². The SMILES string of the molecule is CCS(=O)(=O)CCCC(N)c1cscn1. The Morgan fingerprint density at radius 3 is 2.87 bits per heavy atom. The Morgan fingerprint density at radius 1 is 1.60 bits per heavy atom. The van der Waals surface area contributed by atoms with Crippen molar-refractivity contribution in [3.63, 3.8) is 0 Å². The molecule has 1 unspecified atom stereocenters. The summed E-state index contributed by atoms with van der Waals surface area (Å²) in [6.45, 7) is 1.66. The monoisotopic (exact) mass is 248 g/mol. The van der Waals surface area contributed by atoms with E-state index in [2.05, 4.69) is 4.98 Å². The van der Waals surface area contributed by atoms with E-state index in [-0.39, 0.29) is 17.5 Å². The Hall–Kier alpha value is -0.460. The zero-order chi connectivity index (χ0) is 11.3. The maximum Gasteiger partial charge on any atom is 0.150 e. The highest BCUT2D eigenvalue weighted by molar-refractivity contribution is 7.91. The fourth-order valence-corrected chi connectivity index (χ4v) is 2.73. The Bertz CT molecular complexity index is 373. The molecule has 6 heteroatoms. The van der Waals surface area contributed by atoms with Gasteiger partial charge in [0, 0.05) is 17.2 Å². The predicted molar refractivity (Wildman–Crippen MR) is 62.6 cm³/mol. The van der Waals surface area contributed by atoms with Crippen LogP contribution in [0.15, 0.2) is 10.9 Å². The van der Waals surface area contributed by atoms with E-state index in [9.17, 15) is 8.42 Å². The number of nitrogens with two attached hydrogens (primary N) is 1. The smallest absolute Gasteiger partial charge is 0.150 e. The summed E-state index contributed by atoms with van der Waals surface area (Å²) in [7, 11) is -2.86. The van der Waals surface area contributed by atoms with Crippen molar-refractivity contribution in [1.82, 2.24) is 4.98 Å². The maximum atomic E-state index is 11.2. The third-order valence-electron chi connectivity index (χ3n) is 2.24. The summed E-state index contributed by atoms with van der Waals surface area (Å²) in [4.78, 5) is 4.10. The molecule has 0 aliphatic carbocycles. The molecule has 2 N–H and O–H groups in total. The second-order valence-corrected chi connectivity index (χ2v) is 6.59. The van der Waals surface area contributed by atoms with Crippen molar-refractivity contribution >= 4 is 21.2 Å². The zero-order valence-corrected chi connectivity index (χ0v) is 10.4. The second-order valence-electron chi connectivity index (χ2n) is 3.40. The molecule has 0 spiro atoms. The Kier molecular flexibility index (Phi) is 4.69. The number of hydrogen-bond donors (Lipinski definition) is 1. The van der Waals surface area contributed by atoms with Gasteiger partial charge >= 0.3 is 0 Å².